The molecule has 0 spiro atoms. The minimum atomic E-state index is 0. The lowest BCUT2D eigenvalue weighted by molar-refractivity contribution is 0.546. The Labute approximate surface area is 158 Å². The highest BCUT2D eigenvalue weighted by atomic mass is 127. The maximum atomic E-state index is 4.48. The fourth-order valence-corrected chi connectivity index (χ4v) is 2.62. The van der Waals surface area contributed by atoms with Crippen LogP contribution in [0.2, 0.25) is 0 Å². The molecule has 0 fully saturated rings. The monoisotopic (exact) mass is 435 g/mol. The van der Waals surface area contributed by atoms with E-state index >= 15 is 0 Å². The first-order valence-corrected chi connectivity index (χ1v) is 8.31. The van der Waals surface area contributed by atoms with Gasteiger partial charge in [-0.15, -0.1) is 24.0 Å². The number of aromatic nitrogens is 2. The molecule has 1 rings (SSSR count). The summed E-state index contributed by atoms with van der Waals surface area (Å²) in [6, 6.07) is 0.317. The van der Waals surface area contributed by atoms with E-state index in [2.05, 4.69) is 55.3 Å². The van der Waals surface area contributed by atoms with Crippen LogP contribution in [0.15, 0.2) is 4.99 Å². The van der Waals surface area contributed by atoms with Crippen molar-refractivity contribution in [1.29, 1.82) is 0 Å². The van der Waals surface area contributed by atoms with Crippen LogP contribution in [0.1, 0.15) is 50.6 Å². The minimum absolute atomic E-state index is 0. The maximum Gasteiger partial charge on any atom is 0.191 e. The number of halogens is 1. The van der Waals surface area contributed by atoms with Gasteiger partial charge in [-0.3, -0.25) is 9.67 Å². The average Bonchev–Trinajstić information content (AvgIpc) is 2.68. The highest BCUT2D eigenvalue weighted by molar-refractivity contribution is 14.0. The van der Waals surface area contributed by atoms with Gasteiger partial charge < -0.3 is 10.6 Å². The molecule has 1 unspecified atom stereocenters. The molecule has 0 radical (unpaired) electrons. The second-order valence-corrected chi connectivity index (χ2v) is 6.56. The molecule has 0 aromatic carbocycles. The first-order chi connectivity index (χ1) is 10.3. The molecule has 1 heterocycles. The number of nitrogens with one attached hydrogen (secondary N) is 2. The van der Waals surface area contributed by atoms with Crippen molar-refractivity contribution >= 4 is 29.9 Å². The Hall–Kier alpha value is -0.790. The lowest BCUT2D eigenvalue weighted by atomic mass is 10.1. The molecular weight excluding hydrogens is 401 g/mol. The van der Waals surface area contributed by atoms with E-state index in [0.29, 0.717) is 6.04 Å². The zero-order valence-electron chi connectivity index (χ0n) is 15.7. The normalized spacial score (nSPS) is 13.0. The van der Waals surface area contributed by atoms with Crippen molar-refractivity contribution in [2.45, 2.75) is 59.9 Å². The van der Waals surface area contributed by atoms with Gasteiger partial charge in [0, 0.05) is 32.4 Å². The third-order valence-corrected chi connectivity index (χ3v) is 4.03. The smallest absolute Gasteiger partial charge is 0.191 e. The molecular formula is C17H34IN5. The van der Waals surface area contributed by atoms with Crippen LogP contribution in [0, 0.1) is 19.8 Å². The van der Waals surface area contributed by atoms with E-state index in [1.54, 1.807) is 0 Å². The van der Waals surface area contributed by atoms with Gasteiger partial charge in [-0.1, -0.05) is 13.8 Å². The quantitative estimate of drug-likeness (QED) is 0.299. The molecule has 0 aliphatic heterocycles. The minimum Gasteiger partial charge on any atom is -0.356 e. The predicted octanol–water partition coefficient (Wildman–Crippen LogP) is 3.19. The molecule has 0 saturated carbocycles. The molecule has 134 valence electrons. The number of aryl methyl sites for hydroxylation is 2. The van der Waals surface area contributed by atoms with Crippen molar-refractivity contribution in [2.75, 3.05) is 13.6 Å². The fraction of sp³-hybridized carbons (Fsp3) is 0.765. The van der Waals surface area contributed by atoms with Gasteiger partial charge in [0.25, 0.3) is 0 Å². The van der Waals surface area contributed by atoms with Crippen molar-refractivity contribution in [3.63, 3.8) is 0 Å². The van der Waals surface area contributed by atoms with Gasteiger partial charge in [0.15, 0.2) is 5.96 Å². The highest BCUT2D eigenvalue weighted by Gasteiger charge is 2.13. The second kappa shape index (κ2) is 10.9. The molecule has 5 nitrogen and oxygen atoms in total. The van der Waals surface area contributed by atoms with Crippen molar-refractivity contribution in [2.24, 2.45) is 18.0 Å². The Morgan fingerprint density at radius 1 is 1.26 bits per heavy atom. The van der Waals surface area contributed by atoms with Crippen molar-refractivity contribution in [1.82, 2.24) is 20.4 Å². The number of aliphatic imine (C=N–C) groups is 1. The van der Waals surface area contributed by atoms with Gasteiger partial charge in [0.1, 0.15) is 0 Å². The molecule has 0 bridgehead atoms. The van der Waals surface area contributed by atoms with E-state index in [0.717, 1.165) is 30.5 Å². The summed E-state index contributed by atoms with van der Waals surface area (Å²) in [5, 5.41) is 11.3. The van der Waals surface area contributed by atoms with E-state index in [4.69, 9.17) is 0 Å². The third kappa shape index (κ3) is 7.54. The van der Waals surface area contributed by atoms with Gasteiger partial charge in [0.05, 0.1) is 5.69 Å². The summed E-state index contributed by atoms with van der Waals surface area (Å²) in [4.78, 5) is 4.31. The molecule has 0 saturated heterocycles. The van der Waals surface area contributed by atoms with Crippen molar-refractivity contribution in [3.05, 3.63) is 17.0 Å². The lowest BCUT2D eigenvalue weighted by Gasteiger charge is -2.18. The number of hydrogen-bond acceptors (Lipinski definition) is 2. The molecule has 23 heavy (non-hydrogen) atoms. The standard InChI is InChI=1S/C17H33N5.HI/c1-12(2)9-8-10-19-17(18-6)20-13(3)11-16-14(4)21-22(7)15(16)5;/h12-13H,8-11H2,1-7H3,(H2,18,19,20);1H. The fourth-order valence-electron chi connectivity index (χ4n) is 2.62. The van der Waals surface area contributed by atoms with Gasteiger partial charge in [-0.2, -0.15) is 5.10 Å². The molecule has 0 aliphatic rings. The summed E-state index contributed by atoms with van der Waals surface area (Å²) in [5.41, 5.74) is 3.69. The molecule has 0 amide bonds. The van der Waals surface area contributed by atoms with Crippen molar-refractivity contribution in [3.8, 4) is 0 Å². The van der Waals surface area contributed by atoms with E-state index in [-0.39, 0.29) is 24.0 Å². The first-order valence-electron chi connectivity index (χ1n) is 8.31. The lowest BCUT2D eigenvalue weighted by Crippen LogP contribution is -2.43. The van der Waals surface area contributed by atoms with E-state index in [1.165, 1.54) is 24.1 Å². The first kappa shape index (κ1) is 22.2. The van der Waals surface area contributed by atoms with Crippen LogP contribution in [0.4, 0.5) is 0 Å². The summed E-state index contributed by atoms with van der Waals surface area (Å²) >= 11 is 0. The summed E-state index contributed by atoms with van der Waals surface area (Å²) < 4.78 is 1.95. The second-order valence-electron chi connectivity index (χ2n) is 6.56. The van der Waals surface area contributed by atoms with Gasteiger partial charge in [-0.25, -0.2) is 0 Å². The van der Waals surface area contributed by atoms with Crippen LogP contribution in [0.5, 0.6) is 0 Å². The molecule has 2 N–H and O–H groups in total. The summed E-state index contributed by atoms with van der Waals surface area (Å²) in [6.45, 7) is 11.9. The third-order valence-electron chi connectivity index (χ3n) is 4.03. The van der Waals surface area contributed by atoms with Crippen LogP contribution in [-0.2, 0) is 13.5 Å². The number of hydrogen-bond donors (Lipinski definition) is 2. The van der Waals surface area contributed by atoms with Gasteiger partial charge in [0.2, 0.25) is 0 Å². The van der Waals surface area contributed by atoms with Gasteiger partial charge >= 0.3 is 0 Å². The summed E-state index contributed by atoms with van der Waals surface area (Å²) in [5.74, 6) is 1.64. The van der Waals surface area contributed by atoms with E-state index < -0.39 is 0 Å². The molecule has 6 heteroatoms. The Balaban J connectivity index is 0.00000484. The van der Waals surface area contributed by atoms with Crippen molar-refractivity contribution < 1.29 is 0 Å². The van der Waals surface area contributed by atoms with E-state index in [9.17, 15) is 0 Å². The van der Waals surface area contributed by atoms with Gasteiger partial charge in [-0.05, 0) is 51.5 Å². The van der Waals surface area contributed by atoms with Crippen LogP contribution < -0.4 is 10.6 Å². The molecule has 1 aromatic rings. The van der Waals surface area contributed by atoms with E-state index in [1.807, 2.05) is 18.8 Å². The van der Waals surface area contributed by atoms with Crippen LogP contribution in [-0.4, -0.2) is 35.4 Å². The predicted molar refractivity (Wildman–Crippen MR) is 110 cm³/mol. The number of rotatable bonds is 7. The number of guanidine groups is 1. The van der Waals surface area contributed by atoms with Crippen LogP contribution in [0.25, 0.3) is 0 Å². The Bertz CT molecular complexity index is 493. The Morgan fingerprint density at radius 3 is 2.39 bits per heavy atom. The topological polar surface area (TPSA) is 54.2 Å². The zero-order valence-corrected chi connectivity index (χ0v) is 18.1. The summed E-state index contributed by atoms with van der Waals surface area (Å²) in [7, 11) is 3.82. The number of nitrogens with zero attached hydrogens (tertiary/aromatic N) is 3. The van der Waals surface area contributed by atoms with Crippen LogP contribution in [0.3, 0.4) is 0 Å². The molecule has 1 aromatic heterocycles. The summed E-state index contributed by atoms with van der Waals surface area (Å²) in [6.07, 6.45) is 3.37. The highest BCUT2D eigenvalue weighted by Crippen LogP contribution is 2.14. The van der Waals surface area contributed by atoms with Crippen LogP contribution >= 0.6 is 24.0 Å². The zero-order chi connectivity index (χ0) is 16.7. The maximum absolute atomic E-state index is 4.48. The average molecular weight is 435 g/mol. The largest absolute Gasteiger partial charge is 0.356 e. The Kier molecular flexibility index (Phi) is 10.5. The Morgan fingerprint density at radius 2 is 1.91 bits per heavy atom. The SMILES string of the molecule is CN=C(NCCCC(C)C)NC(C)Cc1c(C)nn(C)c1C.I. The molecule has 1 atom stereocenters. The molecule has 0 aliphatic carbocycles.